The topological polar surface area (TPSA) is 9.72 Å². The normalized spacial score (nSPS) is 13.1. The van der Waals surface area contributed by atoms with E-state index in [-0.39, 0.29) is 16.2 Å². The maximum absolute atomic E-state index is 2.44. The largest absolute Gasteiger partial charge is 0.310 e. The van der Waals surface area contributed by atoms with Crippen LogP contribution in [0.1, 0.15) is 74.9 Å². The molecule has 0 atom stereocenters. The molecule has 0 aliphatic heterocycles. The molecular weight excluding hydrogens is 1740 g/mol. The van der Waals surface area contributed by atoms with E-state index in [1.807, 2.05) is 34.0 Å². The third-order valence-electron chi connectivity index (χ3n) is 29.3. The molecule has 0 saturated heterocycles. The predicted octanol–water partition coefficient (Wildman–Crippen LogP) is 39.0. The summed E-state index contributed by atoms with van der Waals surface area (Å²) < 4.78 is 8.17. The molecule has 27 rings (SSSR count). The van der Waals surface area contributed by atoms with E-state index in [0.717, 1.165) is 45.5 Å². The minimum atomic E-state index is -0.149. The van der Waals surface area contributed by atoms with Crippen LogP contribution >= 0.6 is 34.0 Å². The monoisotopic (exact) mass is 1830 g/mol. The van der Waals surface area contributed by atoms with Gasteiger partial charge in [0, 0.05) is 128 Å². The zero-order chi connectivity index (χ0) is 93.2. The first-order chi connectivity index (χ1) is 68.2. The molecule has 21 aromatic carbocycles. The first-order valence-corrected chi connectivity index (χ1v) is 50.6. The van der Waals surface area contributed by atoms with Gasteiger partial charge in [0.1, 0.15) is 0 Å². The summed E-state index contributed by atoms with van der Waals surface area (Å²) in [5, 5.41) is 10.9. The number of benzene rings is 21. The Labute approximate surface area is 824 Å². The Bertz CT molecular complexity index is 8680. The number of fused-ring (bicyclic) bond motifs is 22. The molecule has 3 aliphatic rings. The van der Waals surface area contributed by atoms with Crippen LogP contribution in [0.25, 0.3) is 160 Å². The van der Waals surface area contributed by atoms with Crippen LogP contribution in [0.4, 0.5) is 51.2 Å². The van der Waals surface area contributed by atoms with Crippen molar-refractivity contribution in [3.8, 4) is 89.0 Å². The van der Waals surface area contributed by atoms with E-state index in [9.17, 15) is 0 Å². The van der Waals surface area contributed by atoms with Crippen molar-refractivity contribution >= 4 is 156 Å². The molecule has 24 aromatic rings. The molecule has 3 aliphatic carbocycles. The lowest BCUT2D eigenvalue weighted by Gasteiger charge is -2.28. The van der Waals surface area contributed by atoms with E-state index < -0.39 is 0 Å². The van der Waals surface area contributed by atoms with Gasteiger partial charge in [0.05, 0.1) is 0 Å². The highest BCUT2D eigenvalue weighted by Gasteiger charge is 2.42. The maximum Gasteiger partial charge on any atom is 0.0468 e. The third kappa shape index (κ3) is 14.7. The quantitative estimate of drug-likeness (QED) is 0.107. The number of para-hydroxylation sites is 1. The summed E-state index contributed by atoms with van der Waals surface area (Å²) in [6.07, 6.45) is 0. The highest BCUT2D eigenvalue weighted by molar-refractivity contribution is 7.26. The van der Waals surface area contributed by atoms with E-state index in [1.165, 1.54) is 199 Å². The Kier molecular flexibility index (Phi) is 20.9. The minimum Gasteiger partial charge on any atom is -0.310 e. The average Bonchev–Trinajstić information content (AvgIpc) is 1.54. The Morgan fingerprint density at radius 1 is 0.158 bits per heavy atom. The van der Waals surface area contributed by atoms with Gasteiger partial charge in [-0.3, -0.25) is 0 Å². The van der Waals surface area contributed by atoms with Crippen molar-refractivity contribution in [3.05, 3.63) is 513 Å². The first kappa shape index (κ1) is 84.7. The fourth-order valence-corrected chi connectivity index (χ4v) is 25.9. The highest BCUT2D eigenvalue weighted by Crippen LogP contribution is 2.60. The van der Waals surface area contributed by atoms with Gasteiger partial charge in [-0.25, -0.2) is 0 Å². The van der Waals surface area contributed by atoms with Gasteiger partial charge in [0.25, 0.3) is 0 Å². The molecule has 0 N–H and O–H groups in total. The van der Waals surface area contributed by atoms with Crippen LogP contribution in [0.5, 0.6) is 0 Å². The maximum atomic E-state index is 2.44. The van der Waals surface area contributed by atoms with Crippen LogP contribution in [0.15, 0.2) is 479 Å². The second-order valence-electron chi connectivity index (χ2n) is 38.5. The lowest BCUT2D eigenvalue weighted by Crippen LogP contribution is -2.17. The van der Waals surface area contributed by atoms with E-state index >= 15 is 0 Å². The van der Waals surface area contributed by atoms with Crippen molar-refractivity contribution in [3.63, 3.8) is 0 Å². The van der Waals surface area contributed by atoms with Crippen molar-refractivity contribution < 1.29 is 0 Å². The predicted molar refractivity (Wildman–Crippen MR) is 599 cm³/mol. The van der Waals surface area contributed by atoms with Gasteiger partial charge in [-0.2, -0.15) is 0 Å². The molecule has 0 unspecified atom stereocenters. The zero-order valence-electron chi connectivity index (χ0n) is 78.2. The molecule has 0 spiro atoms. The van der Waals surface area contributed by atoms with Crippen molar-refractivity contribution in [2.24, 2.45) is 0 Å². The number of anilines is 9. The summed E-state index contributed by atoms with van der Waals surface area (Å²) in [5.41, 5.74) is 38.7. The van der Waals surface area contributed by atoms with E-state index in [0.29, 0.717) is 0 Å². The number of hydrogen-bond acceptors (Lipinski definition) is 6. The Balaban J connectivity index is 0.000000110. The van der Waals surface area contributed by atoms with Crippen LogP contribution < -0.4 is 14.7 Å². The second kappa shape index (κ2) is 34.3. The summed E-state index contributed by atoms with van der Waals surface area (Å²) >= 11 is 5.70. The highest BCUT2D eigenvalue weighted by atomic mass is 32.1. The Morgan fingerprint density at radius 2 is 0.410 bits per heavy atom. The minimum absolute atomic E-state index is 0.105. The molecule has 3 nitrogen and oxygen atoms in total. The molecule has 139 heavy (non-hydrogen) atoms. The fourth-order valence-electron chi connectivity index (χ4n) is 22.6. The zero-order valence-corrected chi connectivity index (χ0v) is 80.6. The lowest BCUT2D eigenvalue weighted by atomic mass is 9.80. The lowest BCUT2D eigenvalue weighted by molar-refractivity contribution is 0.666. The van der Waals surface area contributed by atoms with E-state index in [2.05, 4.69) is 535 Å². The molecule has 0 bridgehead atoms. The van der Waals surface area contributed by atoms with E-state index in [4.69, 9.17) is 0 Å². The van der Waals surface area contributed by atoms with Gasteiger partial charge < -0.3 is 14.7 Å². The fraction of sp³-hybridized carbons (Fsp3) is 0.0677. The summed E-state index contributed by atoms with van der Waals surface area (Å²) in [6, 6.07) is 175. The molecule has 0 radical (unpaired) electrons. The SMILES string of the molecule is CC1(C)c2cc(N(c3ccc(-c4ccccc4)cc3)c3ccc(-c4ccccc4)cc3)ccc2-c2ccc3sc4ccccc4c3c21.CC1(C)c2cc(N(c3ccccc3)c3ccc(-c4ccc5ccccc5c4)cc3)ccc2-c2ccc3sc4ccccc4c3c21.CC1(C)c2ccc(N(c3ccc(-c4ccccc4)cc3)c3ccc(-c4ccccc4)cc3)cc2-c2ccc3sc4ccccc4c3c21. The smallest absolute Gasteiger partial charge is 0.0468 e. The molecular formula is C133H97N3S3. The van der Waals surface area contributed by atoms with Gasteiger partial charge in [-0.05, 0) is 285 Å². The Hall–Kier alpha value is -16.1. The first-order valence-electron chi connectivity index (χ1n) is 48.1. The van der Waals surface area contributed by atoms with Crippen molar-refractivity contribution in [2.45, 2.75) is 57.8 Å². The molecule has 3 heterocycles. The second-order valence-corrected chi connectivity index (χ2v) is 41.8. The average molecular weight is 1830 g/mol. The van der Waals surface area contributed by atoms with Gasteiger partial charge in [0.15, 0.2) is 0 Å². The Morgan fingerprint density at radius 3 is 0.770 bits per heavy atom. The molecule has 0 amide bonds. The number of nitrogens with zero attached hydrogens (tertiary/aromatic N) is 3. The molecule has 6 heteroatoms. The summed E-state index contributed by atoms with van der Waals surface area (Å²) in [6.45, 7) is 14.4. The summed E-state index contributed by atoms with van der Waals surface area (Å²) in [4.78, 5) is 7.19. The summed E-state index contributed by atoms with van der Waals surface area (Å²) in [5.74, 6) is 0. The van der Waals surface area contributed by atoms with Crippen LogP contribution in [0.3, 0.4) is 0 Å². The van der Waals surface area contributed by atoms with Crippen LogP contribution in [-0.2, 0) is 16.2 Å². The molecule has 3 aromatic heterocycles. The van der Waals surface area contributed by atoms with Crippen molar-refractivity contribution in [1.29, 1.82) is 0 Å². The van der Waals surface area contributed by atoms with Crippen molar-refractivity contribution in [1.82, 2.24) is 0 Å². The van der Waals surface area contributed by atoms with E-state index in [1.54, 1.807) is 0 Å². The van der Waals surface area contributed by atoms with Crippen LogP contribution in [0.2, 0.25) is 0 Å². The molecule has 662 valence electrons. The van der Waals surface area contributed by atoms with Crippen molar-refractivity contribution in [2.75, 3.05) is 14.7 Å². The molecule has 0 fully saturated rings. The standard InChI is InChI=1S/2C45H33NS.C43H31NS/c1-45(2)40-27-25-36(29-39(40)37-26-28-42-43(44(37)45)38-15-9-10-16-41(38)47-42)46(34-21-17-32(18-22-34)30-11-5-3-6-12-30)35-23-19-33(20-24-35)31-13-7-4-8-14-31;1-45(2)40-29-36(25-26-37(40)38-27-28-42-43(44(38)45)39-15-9-10-16-41(39)47-42)46(34-21-17-32(18-22-34)30-11-5-3-6-12-30)35-23-19-33(20-24-35)31-13-7-4-8-14-31;1-43(2)38-27-34(22-23-35(38)36-24-25-40-41(42(36)43)37-14-8-9-15-39(37)45-40)44(32-12-4-3-5-13-32)33-20-18-29(19-21-33)31-17-16-28-10-6-7-11-30(28)26-31/h2*3-29H,1-2H3;3-27H,1-2H3. The van der Waals surface area contributed by atoms with Gasteiger partial charge in [-0.1, -0.05) is 369 Å². The molecule has 0 saturated carbocycles. The van der Waals surface area contributed by atoms with Gasteiger partial charge >= 0.3 is 0 Å². The number of hydrogen-bond donors (Lipinski definition) is 0. The van der Waals surface area contributed by atoms with Gasteiger partial charge in [0.2, 0.25) is 0 Å². The summed E-state index contributed by atoms with van der Waals surface area (Å²) in [7, 11) is 0. The third-order valence-corrected chi connectivity index (χ3v) is 32.7. The van der Waals surface area contributed by atoms with Crippen LogP contribution in [0, 0.1) is 0 Å². The number of rotatable bonds is 14. The number of thiophene rings is 3. The van der Waals surface area contributed by atoms with Crippen LogP contribution in [-0.4, -0.2) is 0 Å². The van der Waals surface area contributed by atoms with Gasteiger partial charge in [-0.15, -0.1) is 34.0 Å².